The van der Waals surface area contributed by atoms with Gasteiger partial charge in [-0.25, -0.2) is 0 Å². The number of nitrogens with one attached hydrogen (secondary N) is 1. The van der Waals surface area contributed by atoms with Gasteiger partial charge in [-0.05, 0) is 43.5 Å². The Morgan fingerprint density at radius 1 is 1.24 bits per heavy atom. The summed E-state index contributed by atoms with van der Waals surface area (Å²) in [6.07, 6.45) is 4.33. The van der Waals surface area contributed by atoms with Crippen LogP contribution in [0, 0.1) is 6.92 Å². The highest BCUT2D eigenvalue weighted by Crippen LogP contribution is 2.27. The lowest BCUT2D eigenvalue weighted by Gasteiger charge is -2.08. The quantitative estimate of drug-likeness (QED) is 0.767. The number of nitrogens with zero attached hydrogens (tertiary/aromatic N) is 2. The van der Waals surface area contributed by atoms with Crippen LogP contribution in [0.1, 0.15) is 37.9 Å². The van der Waals surface area contributed by atoms with Gasteiger partial charge in [-0.2, -0.15) is 5.10 Å². The first-order valence-electron chi connectivity index (χ1n) is 7.69. The molecule has 0 fully saturated rings. The molecule has 0 saturated carbocycles. The van der Waals surface area contributed by atoms with Gasteiger partial charge in [0.25, 0.3) is 0 Å². The van der Waals surface area contributed by atoms with Crippen molar-refractivity contribution in [3.8, 4) is 11.1 Å². The molecular formula is C17H24ClN3. The van der Waals surface area contributed by atoms with Crippen molar-refractivity contribution in [3.63, 3.8) is 0 Å². The van der Waals surface area contributed by atoms with Crippen molar-refractivity contribution in [2.45, 2.75) is 46.7 Å². The van der Waals surface area contributed by atoms with Crippen molar-refractivity contribution in [2.75, 3.05) is 6.54 Å². The molecule has 0 unspecified atom stereocenters. The van der Waals surface area contributed by atoms with Crippen molar-refractivity contribution in [2.24, 2.45) is 0 Å². The van der Waals surface area contributed by atoms with Gasteiger partial charge >= 0.3 is 0 Å². The minimum absolute atomic E-state index is 0.818. The smallest absolute Gasteiger partial charge is 0.0672 e. The van der Waals surface area contributed by atoms with Gasteiger partial charge < -0.3 is 5.32 Å². The van der Waals surface area contributed by atoms with Crippen LogP contribution in [0.4, 0.5) is 0 Å². The number of aromatic nitrogens is 2. The topological polar surface area (TPSA) is 29.9 Å². The third-order valence-corrected chi connectivity index (χ3v) is 3.86. The van der Waals surface area contributed by atoms with Crippen LogP contribution >= 0.6 is 11.6 Å². The van der Waals surface area contributed by atoms with E-state index >= 15 is 0 Å². The van der Waals surface area contributed by atoms with E-state index in [4.69, 9.17) is 11.6 Å². The molecule has 1 heterocycles. The fourth-order valence-corrected chi connectivity index (χ4v) is 2.65. The summed E-state index contributed by atoms with van der Waals surface area (Å²) >= 11 is 6.41. The standard InChI is InChI=1S/C17H24ClN3/c1-4-8-19-11-15-7-6-14(10-17(15)18)16-12-21(9-5-2)20-13(16)3/h6-7,10,12,19H,4-5,8-9,11H2,1-3H3. The van der Waals surface area contributed by atoms with E-state index in [2.05, 4.69) is 42.6 Å². The molecular weight excluding hydrogens is 282 g/mol. The summed E-state index contributed by atoms with van der Waals surface area (Å²) in [5.74, 6) is 0. The van der Waals surface area contributed by atoms with Crippen LogP contribution in [0.25, 0.3) is 11.1 Å². The summed E-state index contributed by atoms with van der Waals surface area (Å²) in [6, 6.07) is 6.29. The Kier molecular flexibility index (Phi) is 5.83. The zero-order valence-corrected chi connectivity index (χ0v) is 13.9. The van der Waals surface area contributed by atoms with E-state index in [1.807, 2.05) is 17.7 Å². The molecule has 1 N–H and O–H groups in total. The molecule has 4 heteroatoms. The first-order chi connectivity index (χ1) is 10.2. The van der Waals surface area contributed by atoms with Crippen molar-refractivity contribution in [1.82, 2.24) is 15.1 Å². The minimum atomic E-state index is 0.818. The lowest BCUT2D eigenvalue weighted by atomic mass is 10.0. The third-order valence-electron chi connectivity index (χ3n) is 3.51. The predicted octanol–water partition coefficient (Wildman–Crippen LogP) is 4.42. The van der Waals surface area contributed by atoms with E-state index in [1.54, 1.807) is 0 Å². The van der Waals surface area contributed by atoms with Crippen molar-refractivity contribution < 1.29 is 0 Å². The molecule has 0 aliphatic carbocycles. The van der Waals surface area contributed by atoms with E-state index in [1.165, 1.54) is 5.56 Å². The molecule has 0 aliphatic heterocycles. The molecule has 0 bridgehead atoms. The molecule has 0 saturated heterocycles. The molecule has 0 radical (unpaired) electrons. The first kappa shape index (κ1) is 16.1. The Balaban J connectivity index is 2.19. The van der Waals surface area contributed by atoms with Gasteiger partial charge in [0, 0.05) is 29.9 Å². The second-order valence-electron chi connectivity index (χ2n) is 5.37. The average Bonchev–Trinajstić information content (AvgIpc) is 2.82. The second kappa shape index (κ2) is 7.62. The van der Waals surface area contributed by atoms with Gasteiger partial charge in [-0.15, -0.1) is 0 Å². The Hall–Kier alpha value is -1.32. The Labute approximate surface area is 132 Å². The number of hydrogen-bond donors (Lipinski definition) is 1. The van der Waals surface area contributed by atoms with Gasteiger partial charge in [0.05, 0.1) is 5.69 Å². The summed E-state index contributed by atoms with van der Waals surface area (Å²) in [6.45, 7) is 9.15. The molecule has 0 aliphatic rings. The normalized spacial score (nSPS) is 11.0. The zero-order chi connectivity index (χ0) is 15.2. The zero-order valence-electron chi connectivity index (χ0n) is 13.1. The van der Waals surface area contributed by atoms with Gasteiger partial charge in [-0.3, -0.25) is 4.68 Å². The lowest BCUT2D eigenvalue weighted by Crippen LogP contribution is -2.13. The van der Waals surface area contributed by atoms with Crippen LogP contribution in [0.5, 0.6) is 0 Å². The molecule has 0 atom stereocenters. The monoisotopic (exact) mass is 305 g/mol. The number of hydrogen-bond acceptors (Lipinski definition) is 2. The molecule has 3 nitrogen and oxygen atoms in total. The fourth-order valence-electron chi connectivity index (χ4n) is 2.40. The van der Waals surface area contributed by atoms with Crippen LogP contribution < -0.4 is 5.32 Å². The number of benzene rings is 1. The lowest BCUT2D eigenvalue weighted by molar-refractivity contribution is 0.598. The van der Waals surface area contributed by atoms with Crippen LogP contribution in [-0.4, -0.2) is 16.3 Å². The number of halogens is 1. The first-order valence-corrected chi connectivity index (χ1v) is 8.07. The Morgan fingerprint density at radius 2 is 2.05 bits per heavy atom. The summed E-state index contributed by atoms with van der Waals surface area (Å²) in [5.41, 5.74) is 4.50. The average molecular weight is 306 g/mol. The summed E-state index contributed by atoms with van der Waals surface area (Å²) in [5, 5.41) is 8.75. The highest BCUT2D eigenvalue weighted by molar-refractivity contribution is 6.31. The highest BCUT2D eigenvalue weighted by atomic mass is 35.5. The minimum Gasteiger partial charge on any atom is -0.313 e. The van der Waals surface area contributed by atoms with Gasteiger partial charge in [0.1, 0.15) is 0 Å². The van der Waals surface area contributed by atoms with Crippen LogP contribution in [-0.2, 0) is 13.1 Å². The van der Waals surface area contributed by atoms with E-state index in [9.17, 15) is 0 Å². The number of rotatable bonds is 7. The third kappa shape index (κ3) is 4.08. The largest absolute Gasteiger partial charge is 0.313 e. The van der Waals surface area contributed by atoms with E-state index in [0.717, 1.165) is 54.3 Å². The highest BCUT2D eigenvalue weighted by Gasteiger charge is 2.09. The molecule has 0 amide bonds. The second-order valence-corrected chi connectivity index (χ2v) is 5.78. The molecule has 114 valence electrons. The van der Waals surface area contributed by atoms with E-state index in [0.29, 0.717) is 0 Å². The van der Waals surface area contributed by atoms with Crippen molar-refractivity contribution in [3.05, 3.63) is 40.7 Å². The number of aryl methyl sites for hydroxylation is 2. The fraction of sp³-hybridized carbons (Fsp3) is 0.471. The van der Waals surface area contributed by atoms with Crippen molar-refractivity contribution >= 4 is 11.6 Å². The van der Waals surface area contributed by atoms with Crippen LogP contribution in [0.3, 0.4) is 0 Å². The summed E-state index contributed by atoms with van der Waals surface area (Å²) < 4.78 is 2.01. The molecule has 21 heavy (non-hydrogen) atoms. The molecule has 1 aromatic heterocycles. The summed E-state index contributed by atoms with van der Waals surface area (Å²) in [4.78, 5) is 0. The molecule has 1 aromatic carbocycles. The summed E-state index contributed by atoms with van der Waals surface area (Å²) in [7, 11) is 0. The SMILES string of the molecule is CCCNCc1ccc(-c2cn(CCC)nc2C)cc1Cl. The molecule has 2 rings (SSSR count). The van der Waals surface area contributed by atoms with Crippen LogP contribution in [0.15, 0.2) is 24.4 Å². The molecule has 2 aromatic rings. The van der Waals surface area contributed by atoms with E-state index in [-0.39, 0.29) is 0 Å². The van der Waals surface area contributed by atoms with Gasteiger partial charge in [0.15, 0.2) is 0 Å². The van der Waals surface area contributed by atoms with Crippen molar-refractivity contribution in [1.29, 1.82) is 0 Å². The van der Waals surface area contributed by atoms with Gasteiger partial charge in [0.2, 0.25) is 0 Å². The predicted molar refractivity (Wildman–Crippen MR) is 89.7 cm³/mol. The maximum atomic E-state index is 6.41. The van der Waals surface area contributed by atoms with Crippen LogP contribution in [0.2, 0.25) is 5.02 Å². The van der Waals surface area contributed by atoms with E-state index < -0.39 is 0 Å². The Bertz CT molecular complexity index is 590. The maximum Gasteiger partial charge on any atom is 0.0672 e. The maximum absolute atomic E-state index is 6.41. The van der Waals surface area contributed by atoms with Gasteiger partial charge in [-0.1, -0.05) is 37.6 Å². The molecule has 0 spiro atoms. The Morgan fingerprint density at radius 3 is 2.71 bits per heavy atom.